The fourth-order valence-corrected chi connectivity index (χ4v) is 3.50. The summed E-state index contributed by atoms with van der Waals surface area (Å²) in [4.78, 5) is 21.5. The Morgan fingerprint density at radius 1 is 1.35 bits per heavy atom. The van der Waals surface area contributed by atoms with Gasteiger partial charge in [-0.1, -0.05) is 13.0 Å². The Hall–Kier alpha value is -1.62. The van der Waals surface area contributed by atoms with E-state index in [0.717, 1.165) is 13.0 Å². The van der Waals surface area contributed by atoms with Crippen LogP contribution in [-0.4, -0.2) is 40.2 Å². The van der Waals surface area contributed by atoms with Gasteiger partial charge in [-0.25, -0.2) is 9.78 Å². The average Bonchev–Trinajstić information content (AvgIpc) is 3.03. The minimum absolute atomic E-state index is 0.0295. The molecule has 1 aromatic heterocycles. The summed E-state index contributed by atoms with van der Waals surface area (Å²) in [5.41, 5.74) is 0.706. The van der Waals surface area contributed by atoms with Crippen LogP contribution < -0.4 is 4.90 Å². The molecule has 5 heteroatoms. The van der Waals surface area contributed by atoms with Gasteiger partial charge in [-0.05, 0) is 79.0 Å². The first-order valence-corrected chi connectivity index (χ1v) is 9.88. The Balaban J connectivity index is 2.23. The summed E-state index contributed by atoms with van der Waals surface area (Å²) < 4.78 is 5.59. The zero-order chi connectivity index (χ0) is 19.5. The van der Waals surface area contributed by atoms with Gasteiger partial charge in [0.05, 0.1) is 0 Å². The Bertz CT molecular complexity index is 592. The summed E-state index contributed by atoms with van der Waals surface area (Å²) in [6.45, 7) is 15.4. The number of anilines is 1. The highest BCUT2D eigenvalue weighted by Crippen LogP contribution is 2.34. The molecule has 0 spiro atoms. The molecule has 0 saturated carbocycles. The molecule has 2 heterocycles. The van der Waals surface area contributed by atoms with Crippen molar-refractivity contribution in [2.45, 2.75) is 91.5 Å². The monoisotopic (exact) mass is 361 g/mol. The molecule has 5 nitrogen and oxygen atoms in total. The molecule has 0 aliphatic carbocycles. The van der Waals surface area contributed by atoms with Crippen LogP contribution in [0.25, 0.3) is 0 Å². The maximum atomic E-state index is 12.7. The van der Waals surface area contributed by atoms with Crippen LogP contribution in [0.3, 0.4) is 0 Å². The molecule has 146 valence electrons. The van der Waals surface area contributed by atoms with E-state index >= 15 is 0 Å². The number of hydrogen-bond acceptors (Lipinski definition) is 4. The van der Waals surface area contributed by atoms with Gasteiger partial charge in [0.25, 0.3) is 0 Å². The van der Waals surface area contributed by atoms with Crippen molar-refractivity contribution < 1.29 is 9.53 Å². The van der Waals surface area contributed by atoms with Crippen molar-refractivity contribution in [1.29, 1.82) is 0 Å². The van der Waals surface area contributed by atoms with Gasteiger partial charge in [-0.15, -0.1) is 0 Å². The molecule has 0 bridgehead atoms. The lowest BCUT2D eigenvalue weighted by Gasteiger charge is -2.31. The van der Waals surface area contributed by atoms with Crippen LogP contribution >= 0.6 is 0 Å². The van der Waals surface area contributed by atoms with Crippen LogP contribution in [0.2, 0.25) is 0 Å². The first kappa shape index (κ1) is 20.7. The van der Waals surface area contributed by atoms with Crippen LogP contribution in [0.4, 0.5) is 10.6 Å². The van der Waals surface area contributed by atoms with Crippen LogP contribution in [0, 0.1) is 0 Å². The summed E-state index contributed by atoms with van der Waals surface area (Å²) in [5.74, 6) is 0.659. The third-order valence-electron chi connectivity index (χ3n) is 4.98. The van der Waals surface area contributed by atoms with E-state index in [1.54, 1.807) is 4.90 Å². The molecule has 1 amide bonds. The average molecular weight is 362 g/mol. The fourth-order valence-electron chi connectivity index (χ4n) is 3.50. The number of ether oxygens (including phenoxy) is 1. The van der Waals surface area contributed by atoms with E-state index in [1.165, 1.54) is 18.4 Å². The van der Waals surface area contributed by atoms with Gasteiger partial charge in [-0.3, -0.25) is 9.80 Å². The number of amides is 1. The Morgan fingerprint density at radius 2 is 2.04 bits per heavy atom. The van der Waals surface area contributed by atoms with Gasteiger partial charge in [0.15, 0.2) is 0 Å². The fraction of sp³-hybridized carbons (Fsp3) is 0.714. The van der Waals surface area contributed by atoms with E-state index in [9.17, 15) is 4.79 Å². The molecule has 1 aliphatic rings. The molecule has 1 saturated heterocycles. The van der Waals surface area contributed by atoms with Gasteiger partial charge in [0, 0.05) is 24.3 Å². The van der Waals surface area contributed by atoms with Crippen molar-refractivity contribution >= 4 is 11.9 Å². The number of rotatable bonds is 5. The van der Waals surface area contributed by atoms with Crippen molar-refractivity contribution in [3.63, 3.8) is 0 Å². The highest BCUT2D eigenvalue weighted by molar-refractivity contribution is 5.87. The number of hydrogen-bond donors (Lipinski definition) is 0. The molecule has 2 rings (SSSR count). The molecule has 2 atom stereocenters. The normalized spacial score (nSPS) is 19.6. The van der Waals surface area contributed by atoms with Crippen molar-refractivity contribution in [3.8, 4) is 0 Å². The lowest BCUT2D eigenvalue weighted by Crippen LogP contribution is -2.42. The first-order chi connectivity index (χ1) is 12.1. The lowest BCUT2D eigenvalue weighted by molar-refractivity contribution is 0.0566. The third kappa shape index (κ3) is 4.97. The maximum absolute atomic E-state index is 12.7. The van der Waals surface area contributed by atoms with Crippen molar-refractivity contribution in [1.82, 2.24) is 9.88 Å². The summed E-state index contributed by atoms with van der Waals surface area (Å²) in [6, 6.07) is 5.06. The van der Waals surface area contributed by atoms with E-state index in [1.807, 2.05) is 40.0 Å². The second kappa shape index (κ2) is 8.38. The van der Waals surface area contributed by atoms with Crippen LogP contribution in [0.1, 0.15) is 79.3 Å². The van der Waals surface area contributed by atoms with Gasteiger partial charge in [0.1, 0.15) is 11.4 Å². The Labute approximate surface area is 158 Å². The highest BCUT2D eigenvalue weighted by Gasteiger charge is 2.30. The molecule has 0 aromatic carbocycles. The van der Waals surface area contributed by atoms with Crippen LogP contribution in [0.15, 0.2) is 18.3 Å². The highest BCUT2D eigenvalue weighted by atomic mass is 16.6. The smallest absolute Gasteiger partial charge is 0.416 e. The van der Waals surface area contributed by atoms with E-state index in [2.05, 4.69) is 36.7 Å². The van der Waals surface area contributed by atoms with Gasteiger partial charge < -0.3 is 4.74 Å². The molecule has 0 unspecified atom stereocenters. The molecular formula is C21H35N3O2. The van der Waals surface area contributed by atoms with E-state index in [-0.39, 0.29) is 12.1 Å². The second-order valence-corrected chi connectivity index (χ2v) is 8.55. The van der Waals surface area contributed by atoms with Gasteiger partial charge in [-0.2, -0.15) is 0 Å². The number of pyridine rings is 1. The predicted octanol–water partition coefficient (Wildman–Crippen LogP) is 5.17. The van der Waals surface area contributed by atoms with E-state index < -0.39 is 5.60 Å². The lowest BCUT2D eigenvalue weighted by atomic mass is 10.1. The SMILES string of the molecule is CC[C@@H](C)N(C(=O)OC(C)(C)C)c1ccc([C@H]2CCCN2C(C)C)cn1. The molecular weight excluding hydrogens is 326 g/mol. The summed E-state index contributed by atoms with van der Waals surface area (Å²) >= 11 is 0. The van der Waals surface area contributed by atoms with Crippen molar-refractivity contribution in [2.75, 3.05) is 11.4 Å². The van der Waals surface area contributed by atoms with E-state index in [0.29, 0.717) is 17.9 Å². The number of likely N-dealkylation sites (tertiary alicyclic amines) is 1. The largest absolute Gasteiger partial charge is 0.443 e. The summed E-state index contributed by atoms with van der Waals surface area (Å²) in [5, 5.41) is 0. The molecule has 1 fully saturated rings. The van der Waals surface area contributed by atoms with Gasteiger partial charge in [0.2, 0.25) is 0 Å². The van der Waals surface area contributed by atoms with Crippen LogP contribution in [-0.2, 0) is 4.74 Å². The Kier molecular flexibility index (Phi) is 6.67. The molecule has 0 N–H and O–H groups in total. The second-order valence-electron chi connectivity index (χ2n) is 8.55. The molecule has 1 aromatic rings. The molecule has 1 aliphatic heterocycles. The molecule has 26 heavy (non-hydrogen) atoms. The predicted molar refractivity (Wildman–Crippen MR) is 107 cm³/mol. The minimum Gasteiger partial charge on any atom is -0.443 e. The zero-order valence-electron chi connectivity index (χ0n) is 17.5. The topological polar surface area (TPSA) is 45.7 Å². The summed E-state index contributed by atoms with van der Waals surface area (Å²) in [6.07, 6.45) is 4.83. The number of aromatic nitrogens is 1. The van der Waals surface area contributed by atoms with Crippen LogP contribution in [0.5, 0.6) is 0 Å². The molecule has 0 radical (unpaired) electrons. The number of carbonyl (C=O) groups excluding carboxylic acids is 1. The quantitative estimate of drug-likeness (QED) is 0.726. The van der Waals surface area contributed by atoms with Gasteiger partial charge >= 0.3 is 6.09 Å². The minimum atomic E-state index is -0.523. The maximum Gasteiger partial charge on any atom is 0.416 e. The van der Waals surface area contributed by atoms with Crippen molar-refractivity contribution in [2.24, 2.45) is 0 Å². The summed E-state index contributed by atoms with van der Waals surface area (Å²) in [7, 11) is 0. The Morgan fingerprint density at radius 3 is 2.54 bits per heavy atom. The zero-order valence-corrected chi connectivity index (χ0v) is 17.5. The first-order valence-electron chi connectivity index (χ1n) is 9.88. The van der Waals surface area contributed by atoms with Crippen molar-refractivity contribution in [3.05, 3.63) is 23.9 Å². The van der Waals surface area contributed by atoms with E-state index in [4.69, 9.17) is 4.74 Å². The standard InChI is InChI=1S/C21H35N3O2/c1-8-16(4)24(20(25)26-21(5,6)7)19-12-11-17(14-22-19)18-10-9-13-23(18)15(2)3/h11-12,14-16,18H,8-10,13H2,1-7H3/t16-,18-/m1/s1. The third-order valence-corrected chi connectivity index (χ3v) is 4.98. The number of carbonyl (C=O) groups is 1. The number of nitrogens with zero attached hydrogens (tertiary/aromatic N) is 3.